The predicted molar refractivity (Wildman–Crippen MR) is 77.4 cm³/mol. The number of ether oxygens (including phenoxy) is 1. The molecule has 1 amide bonds. The maximum Gasteiger partial charge on any atom is 0.294 e. The van der Waals surface area contributed by atoms with Crippen LogP contribution < -0.4 is 5.43 Å². The number of rotatable bonds is 4. The highest BCUT2D eigenvalue weighted by atomic mass is 35.5. The molecule has 1 heterocycles. The second-order valence-electron chi connectivity index (χ2n) is 4.19. The van der Waals surface area contributed by atoms with Crippen LogP contribution in [0.5, 0.6) is 0 Å². The number of hydrogen-bond acceptors (Lipinski definition) is 6. The van der Waals surface area contributed by atoms with Gasteiger partial charge in [-0.1, -0.05) is 23.7 Å². The normalized spacial score (nSPS) is 15.7. The molecule has 8 nitrogen and oxygen atoms in total. The lowest BCUT2D eigenvalue weighted by Crippen LogP contribution is -2.43. The highest BCUT2D eigenvalue weighted by molar-refractivity contribution is 6.82. The summed E-state index contributed by atoms with van der Waals surface area (Å²) in [7, 11) is 0. The van der Waals surface area contributed by atoms with Crippen LogP contribution >= 0.6 is 11.6 Å². The second kappa shape index (κ2) is 7.00. The van der Waals surface area contributed by atoms with Gasteiger partial charge in [-0.3, -0.25) is 20.3 Å². The Balaban J connectivity index is 2.06. The van der Waals surface area contributed by atoms with Gasteiger partial charge in [-0.25, -0.2) is 0 Å². The van der Waals surface area contributed by atoms with Gasteiger partial charge >= 0.3 is 0 Å². The first-order valence-corrected chi connectivity index (χ1v) is 6.57. The number of benzene rings is 1. The van der Waals surface area contributed by atoms with Gasteiger partial charge in [0, 0.05) is 19.2 Å². The molecule has 0 aromatic heterocycles. The van der Waals surface area contributed by atoms with Crippen LogP contribution in [0.2, 0.25) is 0 Å². The van der Waals surface area contributed by atoms with Gasteiger partial charge in [0.2, 0.25) is 5.17 Å². The minimum atomic E-state index is -0.546. The van der Waals surface area contributed by atoms with Gasteiger partial charge in [-0.05, 0) is 6.07 Å². The van der Waals surface area contributed by atoms with E-state index in [1.165, 1.54) is 23.1 Å². The molecule has 1 fully saturated rings. The van der Waals surface area contributed by atoms with E-state index in [0.717, 1.165) is 0 Å². The number of morpholine rings is 1. The summed E-state index contributed by atoms with van der Waals surface area (Å²) in [6.07, 6.45) is 0. The third-order valence-corrected chi connectivity index (χ3v) is 3.10. The van der Waals surface area contributed by atoms with Crippen molar-refractivity contribution in [3.8, 4) is 0 Å². The summed E-state index contributed by atoms with van der Waals surface area (Å²) in [5.41, 5.74) is 2.46. The summed E-state index contributed by atoms with van der Waals surface area (Å²) in [5.74, 6) is -0.439. The molecule has 1 aliphatic rings. The Morgan fingerprint density at radius 2 is 2.05 bits per heavy atom. The van der Waals surface area contributed by atoms with Crippen molar-refractivity contribution in [1.29, 1.82) is 0 Å². The molecule has 1 N–H and O–H groups in total. The highest BCUT2D eigenvalue weighted by Crippen LogP contribution is 2.23. The van der Waals surface area contributed by atoms with E-state index in [0.29, 0.717) is 26.3 Å². The Morgan fingerprint density at radius 1 is 1.38 bits per heavy atom. The average molecular weight is 313 g/mol. The standard InChI is InChI=1S/C12H13ClN4O4/c13-11(12(18)16-5-7-21-8-6-16)15-14-9-3-1-2-4-10(9)17(19)20/h1-4,14H,5-8H2/b15-11+. The molecular weight excluding hydrogens is 300 g/mol. The summed E-state index contributed by atoms with van der Waals surface area (Å²) < 4.78 is 5.13. The molecule has 1 aliphatic heterocycles. The zero-order valence-electron chi connectivity index (χ0n) is 11.0. The van der Waals surface area contributed by atoms with Crippen LogP contribution in [-0.2, 0) is 9.53 Å². The van der Waals surface area contributed by atoms with Gasteiger partial charge < -0.3 is 9.64 Å². The number of carbonyl (C=O) groups is 1. The van der Waals surface area contributed by atoms with Gasteiger partial charge in [0.25, 0.3) is 11.6 Å². The van der Waals surface area contributed by atoms with Crippen LogP contribution in [0.1, 0.15) is 0 Å². The van der Waals surface area contributed by atoms with Crippen molar-refractivity contribution in [2.75, 3.05) is 31.7 Å². The number of nitrogens with one attached hydrogen (secondary N) is 1. The number of nitro benzene ring substituents is 1. The van der Waals surface area contributed by atoms with Gasteiger partial charge in [0.05, 0.1) is 18.1 Å². The number of anilines is 1. The number of nitrogens with zero attached hydrogens (tertiary/aromatic N) is 3. The molecule has 1 aromatic carbocycles. The number of nitro groups is 1. The molecule has 1 saturated heterocycles. The fourth-order valence-electron chi connectivity index (χ4n) is 1.78. The van der Waals surface area contributed by atoms with Crippen molar-refractivity contribution < 1.29 is 14.5 Å². The number of halogens is 1. The number of amides is 1. The molecule has 0 aliphatic carbocycles. The zero-order chi connectivity index (χ0) is 15.2. The molecule has 2 rings (SSSR count). The van der Waals surface area contributed by atoms with Crippen molar-refractivity contribution in [1.82, 2.24) is 4.90 Å². The average Bonchev–Trinajstić information content (AvgIpc) is 2.52. The minimum absolute atomic E-state index is 0.149. The summed E-state index contributed by atoms with van der Waals surface area (Å²) >= 11 is 5.83. The Hall–Kier alpha value is -2.19. The fourth-order valence-corrected chi connectivity index (χ4v) is 1.94. The number of hydrazone groups is 1. The van der Waals surface area contributed by atoms with Crippen molar-refractivity contribution in [3.63, 3.8) is 0 Å². The van der Waals surface area contributed by atoms with E-state index in [1.54, 1.807) is 6.07 Å². The highest BCUT2D eigenvalue weighted by Gasteiger charge is 2.21. The molecule has 0 unspecified atom stereocenters. The predicted octanol–water partition coefficient (Wildman–Crippen LogP) is 1.42. The molecule has 0 radical (unpaired) electrons. The molecule has 9 heteroatoms. The molecule has 21 heavy (non-hydrogen) atoms. The number of hydrogen-bond donors (Lipinski definition) is 1. The summed E-state index contributed by atoms with van der Waals surface area (Å²) in [6, 6.07) is 5.95. The van der Waals surface area contributed by atoms with Crippen LogP contribution in [0.15, 0.2) is 29.4 Å². The Kier molecular flexibility index (Phi) is 5.07. The molecule has 0 saturated carbocycles. The molecule has 0 spiro atoms. The maximum atomic E-state index is 12.0. The van der Waals surface area contributed by atoms with Crippen LogP contribution in [0.25, 0.3) is 0 Å². The first-order valence-electron chi connectivity index (χ1n) is 6.19. The molecular formula is C12H13ClN4O4. The van der Waals surface area contributed by atoms with Crippen LogP contribution in [-0.4, -0.2) is 47.2 Å². The lowest BCUT2D eigenvalue weighted by molar-refractivity contribution is -0.384. The SMILES string of the molecule is O=C(/C(Cl)=N\Nc1ccccc1[N+](=O)[O-])N1CCOCC1. The third-order valence-electron chi connectivity index (χ3n) is 2.85. The van der Waals surface area contributed by atoms with Crippen molar-refractivity contribution in [2.45, 2.75) is 0 Å². The zero-order valence-corrected chi connectivity index (χ0v) is 11.7. The lowest BCUT2D eigenvalue weighted by Gasteiger charge is -2.25. The summed E-state index contributed by atoms with van der Waals surface area (Å²) in [4.78, 5) is 23.8. The van der Waals surface area contributed by atoms with E-state index < -0.39 is 10.8 Å². The summed E-state index contributed by atoms with van der Waals surface area (Å²) in [6.45, 7) is 1.78. The number of carbonyl (C=O) groups excluding carboxylic acids is 1. The molecule has 0 atom stereocenters. The minimum Gasteiger partial charge on any atom is -0.378 e. The quantitative estimate of drug-likeness (QED) is 0.515. The van der Waals surface area contributed by atoms with Crippen molar-refractivity contribution in [3.05, 3.63) is 34.4 Å². The Labute approximate surface area is 125 Å². The molecule has 0 bridgehead atoms. The first kappa shape index (κ1) is 15.2. The van der Waals surface area contributed by atoms with Crippen LogP contribution in [0.4, 0.5) is 11.4 Å². The van der Waals surface area contributed by atoms with Crippen LogP contribution in [0.3, 0.4) is 0 Å². The largest absolute Gasteiger partial charge is 0.378 e. The van der Waals surface area contributed by atoms with Crippen molar-refractivity contribution in [2.24, 2.45) is 5.10 Å². The van der Waals surface area contributed by atoms with E-state index in [2.05, 4.69) is 10.5 Å². The topological polar surface area (TPSA) is 97.1 Å². The Morgan fingerprint density at radius 3 is 2.71 bits per heavy atom. The molecule has 1 aromatic rings. The fraction of sp³-hybridized carbons (Fsp3) is 0.333. The van der Waals surface area contributed by atoms with E-state index >= 15 is 0 Å². The third kappa shape index (κ3) is 3.89. The van der Waals surface area contributed by atoms with Gasteiger partial charge in [0.15, 0.2) is 0 Å². The van der Waals surface area contributed by atoms with Gasteiger partial charge in [-0.2, -0.15) is 5.10 Å². The van der Waals surface area contributed by atoms with Gasteiger partial charge in [-0.15, -0.1) is 0 Å². The van der Waals surface area contributed by atoms with E-state index in [1.807, 2.05) is 0 Å². The number of para-hydroxylation sites is 2. The van der Waals surface area contributed by atoms with Crippen LogP contribution in [0, 0.1) is 10.1 Å². The maximum absolute atomic E-state index is 12.0. The molecule has 112 valence electrons. The van der Waals surface area contributed by atoms with E-state index in [4.69, 9.17) is 16.3 Å². The smallest absolute Gasteiger partial charge is 0.294 e. The monoisotopic (exact) mass is 312 g/mol. The second-order valence-corrected chi connectivity index (χ2v) is 4.55. The van der Waals surface area contributed by atoms with Crippen molar-refractivity contribution >= 4 is 34.1 Å². The lowest BCUT2D eigenvalue weighted by atomic mass is 10.3. The van der Waals surface area contributed by atoms with E-state index in [-0.39, 0.29) is 16.5 Å². The first-order chi connectivity index (χ1) is 10.1. The van der Waals surface area contributed by atoms with E-state index in [9.17, 15) is 14.9 Å². The Bertz CT molecular complexity index is 572. The van der Waals surface area contributed by atoms with Gasteiger partial charge in [0.1, 0.15) is 5.69 Å². The summed E-state index contributed by atoms with van der Waals surface area (Å²) in [5, 5.41) is 14.3.